The van der Waals surface area contributed by atoms with Gasteiger partial charge in [-0.2, -0.15) is 18.2 Å². The largest absolute Gasteiger partial charge is 0.442 e. The molecule has 0 spiro atoms. The molecule has 0 bridgehead atoms. The Bertz CT molecular complexity index is 1440. The van der Waals surface area contributed by atoms with E-state index in [0.717, 1.165) is 17.2 Å². The molecule has 0 saturated carbocycles. The average Bonchev–Trinajstić information content (AvgIpc) is 3.33. The molecule has 1 atom stereocenters. The third kappa shape index (κ3) is 6.22. The number of rotatable bonds is 5. The highest BCUT2D eigenvalue weighted by Gasteiger charge is 2.34. The second-order valence-corrected chi connectivity index (χ2v) is 10.0. The van der Waals surface area contributed by atoms with Crippen LogP contribution in [0, 0.1) is 6.92 Å². The summed E-state index contributed by atoms with van der Waals surface area (Å²) in [4.78, 5) is 16.4. The number of amides is 1. The third-order valence-corrected chi connectivity index (χ3v) is 5.83. The minimum atomic E-state index is -4.57. The lowest BCUT2D eigenvalue weighted by molar-refractivity contribution is -0.137. The number of alkyl halides is 3. The molecule has 0 aliphatic carbocycles. The lowest BCUT2D eigenvalue weighted by Crippen LogP contribution is -2.41. The van der Waals surface area contributed by atoms with Crippen molar-refractivity contribution in [2.75, 3.05) is 0 Å². The number of carbonyl (C=O) groups is 1. The summed E-state index contributed by atoms with van der Waals surface area (Å²) in [6.45, 7) is 9.09. The van der Waals surface area contributed by atoms with Crippen molar-refractivity contribution in [1.82, 2.24) is 15.5 Å². The summed E-state index contributed by atoms with van der Waals surface area (Å²) in [7, 11) is 0. The Morgan fingerprint density at radius 1 is 0.947 bits per heavy atom. The van der Waals surface area contributed by atoms with E-state index >= 15 is 0 Å². The number of carbonyl (C=O) groups excluding carboxylic acids is 1. The van der Waals surface area contributed by atoms with Gasteiger partial charge in [-0.25, -0.2) is 4.79 Å². The first-order chi connectivity index (χ1) is 17.8. The molecule has 198 valence electrons. The van der Waals surface area contributed by atoms with Crippen LogP contribution in [0.4, 0.5) is 18.0 Å². The predicted octanol–water partition coefficient (Wildman–Crippen LogP) is 7.98. The molecule has 0 unspecified atom stereocenters. The van der Waals surface area contributed by atoms with E-state index < -0.39 is 29.5 Å². The van der Waals surface area contributed by atoms with Crippen molar-refractivity contribution in [3.05, 3.63) is 83.4 Å². The van der Waals surface area contributed by atoms with E-state index in [1.807, 2.05) is 20.8 Å². The van der Waals surface area contributed by atoms with Crippen molar-refractivity contribution >= 4 is 6.09 Å². The van der Waals surface area contributed by atoms with Crippen LogP contribution in [-0.2, 0) is 10.9 Å². The summed E-state index contributed by atoms with van der Waals surface area (Å²) < 4.78 is 52.7. The lowest BCUT2D eigenvalue weighted by Gasteiger charge is -2.22. The van der Waals surface area contributed by atoms with Crippen molar-refractivity contribution in [3.8, 4) is 34.0 Å². The number of hydrogen-bond acceptors (Lipinski definition) is 5. The van der Waals surface area contributed by atoms with Gasteiger partial charge >= 0.3 is 12.3 Å². The number of aryl methyl sites for hydroxylation is 1. The molecule has 3 aromatic carbocycles. The van der Waals surface area contributed by atoms with E-state index in [1.165, 1.54) is 6.07 Å². The van der Waals surface area contributed by atoms with Gasteiger partial charge in [-0.1, -0.05) is 59.8 Å². The maximum atomic E-state index is 14.0. The SMILES string of the molecule is Cc1ccccc1-c1ccc(-c2nc(-c3ccc([C@@H](C)OC(=O)NC(C)(C)C)cc3)no2)cc1C(F)(F)F. The predicted molar refractivity (Wildman–Crippen MR) is 138 cm³/mol. The molecule has 1 N–H and O–H groups in total. The van der Waals surface area contributed by atoms with E-state index in [0.29, 0.717) is 11.1 Å². The van der Waals surface area contributed by atoms with Crippen LogP contribution in [0.2, 0.25) is 0 Å². The highest BCUT2D eigenvalue weighted by atomic mass is 19.4. The van der Waals surface area contributed by atoms with Crippen LogP contribution in [0.15, 0.2) is 71.3 Å². The van der Waals surface area contributed by atoms with Crippen LogP contribution < -0.4 is 5.32 Å². The Morgan fingerprint density at radius 3 is 2.24 bits per heavy atom. The standard InChI is InChI=1S/C29H28F3N3O3/c1-17-8-6-7-9-22(17)23-15-14-21(16-24(23)29(30,31)32)26-33-25(35-38-26)20-12-10-19(11-13-20)18(2)37-27(36)34-28(3,4)5/h6-16,18H,1-5H3,(H,34,36)/t18-/m1/s1. The first-order valence-electron chi connectivity index (χ1n) is 12.0. The van der Waals surface area contributed by atoms with E-state index in [-0.39, 0.29) is 22.8 Å². The number of nitrogens with one attached hydrogen (secondary N) is 1. The molecule has 1 aromatic heterocycles. The molecule has 0 saturated heterocycles. The summed E-state index contributed by atoms with van der Waals surface area (Å²) in [5.41, 5.74) is 1.65. The van der Waals surface area contributed by atoms with E-state index in [2.05, 4.69) is 15.5 Å². The number of nitrogens with zero attached hydrogens (tertiary/aromatic N) is 2. The maximum absolute atomic E-state index is 14.0. The lowest BCUT2D eigenvalue weighted by atomic mass is 9.94. The van der Waals surface area contributed by atoms with Crippen LogP contribution in [0.25, 0.3) is 34.0 Å². The van der Waals surface area contributed by atoms with Crippen LogP contribution in [0.3, 0.4) is 0 Å². The van der Waals surface area contributed by atoms with E-state index in [9.17, 15) is 18.0 Å². The molecule has 0 aliphatic rings. The van der Waals surface area contributed by atoms with Gasteiger partial charge in [0.1, 0.15) is 6.10 Å². The van der Waals surface area contributed by atoms with E-state index in [1.54, 1.807) is 68.4 Å². The van der Waals surface area contributed by atoms with Gasteiger partial charge in [0, 0.05) is 16.7 Å². The molecule has 4 rings (SSSR count). The third-order valence-electron chi connectivity index (χ3n) is 5.83. The van der Waals surface area contributed by atoms with Gasteiger partial charge in [-0.05, 0) is 69.0 Å². The van der Waals surface area contributed by atoms with Gasteiger partial charge in [0.2, 0.25) is 5.82 Å². The first kappa shape index (κ1) is 26.9. The van der Waals surface area contributed by atoms with Crippen molar-refractivity contribution in [2.24, 2.45) is 0 Å². The van der Waals surface area contributed by atoms with Gasteiger partial charge in [0.25, 0.3) is 5.89 Å². The zero-order valence-corrected chi connectivity index (χ0v) is 21.7. The van der Waals surface area contributed by atoms with Crippen molar-refractivity contribution in [2.45, 2.75) is 52.4 Å². The summed E-state index contributed by atoms with van der Waals surface area (Å²) in [5, 5.41) is 6.69. The Hall–Kier alpha value is -4.14. The monoisotopic (exact) mass is 523 g/mol. The zero-order valence-electron chi connectivity index (χ0n) is 21.7. The highest BCUT2D eigenvalue weighted by molar-refractivity contribution is 5.74. The number of aromatic nitrogens is 2. The quantitative estimate of drug-likeness (QED) is 0.287. The summed E-state index contributed by atoms with van der Waals surface area (Å²) in [6, 6.07) is 17.9. The van der Waals surface area contributed by atoms with Crippen molar-refractivity contribution in [3.63, 3.8) is 0 Å². The molecule has 0 aliphatic heterocycles. The number of benzene rings is 3. The summed E-state index contributed by atoms with van der Waals surface area (Å²) in [6.07, 6.45) is -5.60. The van der Waals surface area contributed by atoms with Crippen LogP contribution in [-0.4, -0.2) is 21.8 Å². The van der Waals surface area contributed by atoms with Crippen molar-refractivity contribution < 1.29 is 27.2 Å². The van der Waals surface area contributed by atoms with Gasteiger partial charge in [-0.3, -0.25) is 0 Å². The maximum Gasteiger partial charge on any atom is 0.417 e. The Kier molecular flexibility index (Phi) is 7.31. The van der Waals surface area contributed by atoms with Gasteiger partial charge in [0.05, 0.1) is 5.56 Å². The normalized spacial score (nSPS) is 12.7. The van der Waals surface area contributed by atoms with Crippen molar-refractivity contribution in [1.29, 1.82) is 0 Å². The molecule has 1 amide bonds. The topological polar surface area (TPSA) is 77.2 Å². The Morgan fingerprint density at radius 2 is 1.61 bits per heavy atom. The molecule has 9 heteroatoms. The smallest absolute Gasteiger partial charge is 0.417 e. The number of hydrogen-bond donors (Lipinski definition) is 1. The van der Waals surface area contributed by atoms with Gasteiger partial charge in [0.15, 0.2) is 0 Å². The number of halogens is 3. The Balaban J connectivity index is 1.56. The number of alkyl carbamates (subject to hydrolysis) is 1. The van der Waals surface area contributed by atoms with Gasteiger partial charge in [-0.15, -0.1) is 0 Å². The fraction of sp³-hybridized carbons (Fsp3) is 0.276. The second kappa shape index (κ2) is 10.3. The molecule has 6 nitrogen and oxygen atoms in total. The first-order valence-corrected chi connectivity index (χ1v) is 12.0. The molecule has 4 aromatic rings. The second-order valence-electron chi connectivity index (χ2n) is 10.0. The fourth-order valence-corrected chi connectivity index (χ4v) is 3.95. The fourth-order valence-electron chi connectivity index (χ4n) is 3.95. The average molecular weight is 524 g/mol. The molecule has 0 fully saturated rings. The molecule has 38 heavy (non-hydrogen) atoms. The molecule has 1 heterocycles. The minimum absolute atomic E-state index is 0.0264. The molecular weight excluding hydrogens is 495 g/mol. The number of ether oxygens (including phenoxy) is 1. The van der Waals surface area contributed by atoms with Gasteiger partial charge < -0.3 is 14.6 Å². The zero-order chi connectivity index (χ0) is 27.7. The Labute approximate surface area is 218 Å². The summed E-state index contributed by atoms with van der Waals surface area (Å²) >= 11 is 0. The minimum Gasteiger partial charge on any atom is -0.442 e. The molecule has 0 radical (unpaired) electrons. The van der Waals surface area contributed by atoms with E-state index in [4.69, 9.17) is 9.26 Å². The molecular formula is C29H28F3N3O3. The highest BCUT2D eigenvalue weighted by Crippen LogP contribution is 2.40. The van der Waals surface area contributed by atoms with Crippen LogP contribution in [0.5, 0.6) is 0 Å². The van der Waals surface area contributed by atoms with Crippen LogP contribution in [0.1, 0.15) is 50.5 Å². The summed E-state index contributed by atoms with van der Waals surface area (Å²) in [5.74, 6) is 0.198. The van der Waals surface area contributed by atoms with Crippen LogP contribution >= 0.6 is 0 Å².